The van der Waals surface area contributed by atoms with E-state index < -0.39 is 38.4 Å². The zero-order valence-corrected chi connectivity index (χ0v) is 22.5. The maximum absolute atomic E-state index is 15.0. The first kappa shape index (κ1) is 28.1. The number of rotatable bonds is 8. The number of alkyl halides is 3. The molecule has 0 spiro atoms. The number of halogens is 6. The van der Waals surface area contributed by atoms with E-state index in [9.17, 15) is 26.3 Å². The van der Waals surface area contributed by atoms with Crippen LogP contribution in [0.15, 0.2) is 30.3 Å². The van der Waals surface area contributed by atoms with Gasteiger partial charge in [0.05, 0.1) is 0 Å². The molecule has 0 amide bonds. The number of benzene rings is 2. The van der Waals surface area contributed by atoms with Crippen LogP contribution in [0, 0.1) is 29.3 Å². The highest BCUT2D eigenvalue weighted by Crippen LogP contribution is 2.41. The Morgan fingerprint density at radius 1 is 0.811 bits per heavy atom. The molecule has 0 aromatic heterocycles. The summed E-state index contributed by atoms with van der Waals surface area (Å²) < 4.78 is 83.7. The Labute approximate surface area is 217 Å². The minimum atomic E-state index is -5.23. The van der Waals surface area contributed by atoms with Crippen LogP contribution < -0.4 is 4.74 Å². The van der Waals surface area contributed by atoms with Gasteiger partial charge >= 0.3 is 6.36 Å². The summed E-state index contributed by atoms with van der Waals surface area (Å²) in [5.74, 6) is -3.39. The molecule has 0 atom stereocenters. The van der Waals surface area contributed by atoms with Gasteiger partial charge in [-0.15, -0.1) is 13.2 Å². The van der Waals surface area contributed by atoms with Crippen molar-refractivity contribution >= 4 is 8.80 Å². The van der Waals surface area contributed by atoms with Crippen LogP contribution in [0.2, 0.25) is 18.1 Å². The fraction of sp³-hybridized carbons (Fsp3) is 0.586. The van der Waals surface area contributed by atoms with E-state index in [0.717, 1.165) is 43.1 Å². The minimum absolute atomic E-state index is 0.0643. The maximum atomic E-state index is 15.0. The van der Waals surface area contributed by atoms with E-state index >= 15 is 0 Å². The second-order valence-corrected chi connectivity index (χ2v) is 14.5. The molecule has 1 saturated carbocycles. The van der Waals surface area contributed by atoms with Crippen molar-refractivity contribution in [1.82, 2.24) is 0 Å². The molecule has 2 aliphatic rings. The van der Waals surface area contributed by atoms with Crippen molar-refractivity contribution in [3.63, 3.8) is 0 Å². The lowest BCUT2D eigenvalue weighted by atomic mass is 9.76. The van der Waals surface area contributed by atoms with Crippen molar-refractivity contribution in [2.24, 2.45) is 11.8 Å². The zero-order valence-electron chi connectivity index (χ0n) is 21.4. The van der Waals surface area contributed by atoms with Gasteiger partial charge in [0.2, 0.25) is 5.75 Å². The molecule has 0 bridgehead atoms. The predicted octanol–water partition coefficient (Wildman–Crippen LogP) is 9.77. The van der Waals surface area contributed by atoms with Crippen LogP contribution in [0.5, 0.6) is 5.75 Å². The van der Waals surface area contributed by atoms with Gasteiger partial charge in [0.1, 0.15) is 5.82 Å². The third-order valence-electron chi connectivity index (χ3n) is 8.48. The molecule has 1 saturated heterocycles. The highest BCUT2D eigenvalue weighted by Gasteiger charge is 2.34. The monoisotopic (exact) mass is 542 g/mol. The summed E-state index contributed by atoms with van der Waals surface area (Å²) in [5.41, 5.74) is 0.617. The second kappa shape index (κ2) is 12.3. The first-order chi connectivity index (χ1) is 17.6. The van der Waals surface area contributed by atoms with E-state index in [0.29, 0.717) is 12.1 Å². The molecule has 2 fully saturated rings. The molecular formula is C29H36F6OSi. The summed E-state index contributed by atoms with van der Waals surface area (Å²) in [7, 11) is -0.425. The van der Waals surface area contributed by atoms with Gasteiger partial charge in [-0.2, -0.15) is 0 Å². The highest BCUT2D eigenvalue weighted by molar-refractivity contribution is 6.58. The van der Waals surface area contributed by atoms with Gasteiger partial charge in [-0.05, 0) is 72.8 Å². The standard InChI is InChI=1S/C29H36F6OSi/c1-2-13-37-14-11-20(12-15-37)4-3-19-5-7-21(8-6-19)22-9-10-24(25(30)16-22)23-17-26(31)28(27(32)18-23)36-29(33,34)35/h9-10,16-21,37H,2-8,11-15H2,1H3/t19-,20?,21-,37?. The van der Waals surface area contributed by atoms with E-state index in [1.54, 1.807) is 6.07 Å². The third kappa shape index (κ3) is 7.55. The molecule has 1 aliphatic heterocycles. The summed E-state index contributed by atoms with van der Waals surface area (Å²) in [5, 5.41) is 0. The van der Waals surface area contributed by atoms with E-state index in [-0.39, 0.29) is 17.0 Å². The van der Waals surface area contributed by atoms with Crippen molar-refractivity contribution in [1.29, 1.82) is 0 Å². The summed E-state index contributed by atoms with van der Waals surface area (Å²) in [6.45, 7) is 2.30. The van der Waals surface area contributed by atoms with E-state index in [1.807, 2.05) is 0 Å². The van der Waals surface area contributed by atoms with Crippen LogP contribution in [0.3, 0.4) is 0 Å². The molecule has 204 valence electrons. The maximum Gasteiger partial charge on any atom is 0.573 e. The number of hydrogen-bond acceptors (Lipinski definition) is 1. The molecule has 37 heavy (non-hydrogen) atoms. The van der Waals surface area contributed by atoms with Crippen molar-refractivity contribution in [2.75, 3.05) is 0 Å². The van der Waals surface area contributed by atoms with Gasteiger partial charge in [-0.3, -0.25) is 0 Å². The molecule has 2 aromatic carbocycles. The van der Waals surface area contributed by atoms with Crippen molar-refractivity contribution in [2.45, 2.75) is 95.1 Å². The van der Waals surface area contributed by atoms with Gasteiger partial charge < -0.3 is 4.74 Å². The summed E-state index contributed by atoms with van der Waals surface area (Å²) in [4.78, 5) is 0. The fourth-order valence-corrected chi connectivity index (χ4v) is 9.99. The Kier molecular flexibility index (Phi) is 9.30. The third-order valence-corrected chi connectivity index (χ3v) is 12.2. The minimum Gasteiger partial charge on any atom is -0.399 e. The lowest BCUT2D eigenvalue weighted by molar-refractivity contribution is -0.276. The van der Waals surface area contributed by atoms with Crippen molar-refractivity contribution in [3.05, 3.63) is 53.3 Å². The molecule has 1 aliphatic carbocycles. The molecule has 0 radical (unpaired) electrons. The van der Waals surface area contributed by atoms with Gasteiger partial charge in [0.25, 0.3) is 0 Å². The van der Waals surface area contributed by atoms with Crippen LogP contribution in [0.1, 0.15) is 76.2 Å². The molecule has 1 heterocycles. The van der Waals surface area contributed by atoms with E-state index in [4.69, 9.17) is 0 Å². The first-order valence-corrected chi connectivity index (χ1v) is 16.1. The lowest BCUT2D eigenvalue weighted by Gasteiger charge is -2.32. The van der Waals surface area contributed by atoms with E-state index in [1.165, 1.54) is 62.4 Å². The summed E-state index contributed by atoms with van der Waals surface area (Å²) in [6, 6.07) is 10.5. The Bertz CT molecular complexity index is 1020. The summed E-state index contributed by atoms with van der Waals surface area (Å²) in [6.07, 6.45) is 5.86. The fourth-order valence-electron chi connectivity index (χ4n) is 6.42. The molecule has 0 unspecified atom stereocenters. The van der Waals surface area contributed by atoms with Crippen LogP contribution in [-0.4, -0.2) is 15.2 Å². The normalized spacial score (nSPS) is 24.7. The number of ether oxygens (including phenoxy) is 1. The Balaban J connectivity index is 1.31. The average molecular weight is 543 g/mol. The highest BCUT2D eigenvalue weighted by atomic mass is 28.3. The lowest BCUT2D eigenvalue weighted by Crippen LogP contribution is -2.22. The Hall–Kier alpha value is -1.96. The van der Waals surface area contributed by atoms with Crippen molar-refractivity contribution < 1.29 is 31.1 Å². The van der Waals surface area contributed by atoms with Gasteiger partial charge in [0.15, 0.2) is 11.6 Å². The average Bonchev–Trinajstić information content (AvgIpc) is 2.85. The second-order valence-electron chi connectivity index (χ2n) is 11.0. The summed E-state index contributed by atoms with van der Waals surface area (Å²) >= 11 is 0. The van der Waals surface area contributed by atoms with Crippen LogP contribution in [0.4, 0.5) is 26.3 Å². The largest absolute Gasteiger partial charge is 0.573 e. The van der Waals surface area contributed by atoms with Crippen molar-refractivity contribution in [3.8, 4) is 16.9 Å². The molecular weight excluding hydrogens is 506 g/mol. The van der Waals surface area contributed by atoms with E-state index in [2.05, 4.69) is 11.7 Å². The topological polar surface area (TPSA) is 9.23 Å². The predicted molar refractivity (Wildman–Crippen MR) is 137 cm³/mol. The van der Waals surface area contributed by atoms with Crippen LogP contribution in [-0.2, 0) is 0 Å². The quantitative estimate of drug-likeness (QED) is 0.238. The first-order valence-electron chi connectivity index (χ1n) is 13.7. The molecule has 0 N–H and O–H groups in total. The Morgan fingerprint density at radius 2 is 1.41 bits per heavy atom. The van der Waals surface area contributed by atoms with Crippen LogP contribution in [0.25, 0.3) is 11.1 Å². The van der Waals surface area contributed by atoms with Gasteiger partial charge in [-0.25, -0.2) is 13.2 Å². The molecule has 8 heteroatoms. The van der Waals surface area contributed by atoms with Crippen LogP contribution >= 0.6 is 0 Å². The molecule has 4 rings (SSSR count). The van der Waals surface area contributed by atoms with Gasteiger partial charge in [-0.1, -0.05) is 69.3 Å². The number of hydrogen-bond donors (Lipinski definition) is 0. The SMILES string of the molecule is CCC[SiH]1CCC(CC[C@H]2CC[C@H](c3ccc(-c4cc(F)c(OC(F)(F)F)c(F)c4)c(F)c3)CC2)CC1. The smallest absolute Gasteiger partial charge is 0.399 e. The Morgan fingerprint density at radius 3 is 1.95 bits per heavy atom. The zero-order chi connectivity index (χ0) is 26.6. The molecule has 1 nitrogen and oxygen atoms in total. The van der Waals surface area contributed by atoms with Gasteiger partial charge in [0, 0.05) is 14.4 Å². The molecule has 2 aromatic rings.